The van der Waals surface area contributed by atoms with Crippen LogP contribution in [-0.4, -0.2) is 30.1 Å². The van der Waals surface area contributed by atoms with Crippen LogP contribution >= 0.6 is 0 Å². The Kier molecular flexibility index (Phi) is 22.7. The lowest BCUT2D eigenvalue weighted by atomic mass is 10.0. The van der Waals surface area contributed by atoms with Crippen LogP contribution in [0.5, 0.6) is 0 Å². The van der Waals surface area contributed by atoms with Gasteiger partial charge in [0.2, 0.25) is 0 Å². The molecule has 0 fully saturated rings. The van der Waals surface area contributed by atoms with Crippen LogP contribution in [0, 0.1) is 0 Å². The molecule has 0 heterocycles. The Bertz CT molecular complexity index is 357. The monoisotopic (exact) mass is 412 g/mol. The van der Waals surface area contributed by atoms with E-state index in [-0.39, 0.29) is 5.97 Å². The maximum atomic E-state index is 11.5. The molecule has 0 aromatic rings. The van der Waals surface area contributed by atoms with E-state index < -0.39 is 12.7 Å². The van der Waals surface area contributed by atoms with Crippen molar-refractivity contribution in [1.29, 1.82) is 0 Å². The fourth-order valence-corrected chi connectivity index (χ4v) is 3.68. The number of aldehydes is 1. The third-order valence-corrected chi connectivity index (χ3v) is 5.60. The molecule has 1 N–H and O–H groups in total. The SMILES string of the molecule is CCCCCCCCCCCCCCCCCCCCCC(=O)OC(C=O)CO. The summed E-state index contributed by atoms with van der Waals surface area (Å²) < 4.78 is 4.83. The smallest absolute Gasteiger partial charge is 0.306 e. The normalized spacial score (nSPS) is 12.1. The van der Waals surface area contributed by atoms with Gasteiger partial charge in [0.05, 0.1) is 6.61 Å². The van der Waals surface area contributed by atoms with E-state index in [9.17, 15) is 9.59 Å². The van der Waals surface area contributed by atoms with Crippen molar-refractivity contribution in [3.8, 4) is 0 Å². The van der Waals surface area contributed by atoms with Crippen molar-refractivity contribution < 1.29 is 19.4 Å². The molecular formula is C25H48O4. The molecule has 0 saturated carbocycles. The average molecular weight is 413 g/mol. The topological polar surface area (TPSA) is 63.6 Å². The number of rotatable bonds is 23. The second kappa shape index (κ2) is 23.4. The van der Waals surface area contributed by atoms with Crippen molar-refractivity contribution in [3.63, 3.8) is 0 Å². The third-order valence-electron chi connectivity index (χ3n) is 5.60. The highest BCUT2D eigenvalue weighted by Gasteiger charge is 2.11. The molecule has 0 aliphatic rings. The van der Waals surface area contributed by atoms with Crippen molar-refractivity contribution >= 4 is 12.3 Å². The number of aliphatic hydroxyl groups excluding tert-OH is 1. The molecular weight excluding hydrogens is 364 g/mol. The van der Waals surface area contributed by atoms with Crippen LogP contribution in [0.25, 0.3) is 0 Å². The molecule has 29 heavy (non-hydrogen) atoms. The highest BCUT2D eigenvalue weighted by atomic mass is 16.6. The van der Waals surface area contributed by atoms with Gasteiger partial charge in [-0.1, -0.05) is 122 Å². The van der Waals surface area contributed by atoms with Crippen molar-refractivity contribution in [2.24, 2.45) is 0 Å². The van der Waals surface area contributed by atoms with Crippen LogP contribution < -0.4 is 0 Å². The van der Waals surface area contributed by atoms with E-state index in [0.29, 0.717) is 12.7 Å². The number of carbonyl (C=O) groups is 2. The number of esters is 1. The minimum atomic E-state index is -0.997. The lowest BCUT2D eigenvalue weighted by molar-refractivity contribution is -0.153. The highest BCUT2D eigenvalue weighted by Crippen LogP contribution is 2.14. The number of aliphatic hydroxyl groups is 1. The molecule has 0 rings (SSSR count). The van der Waals surface area contributed by atoms with Crippen molar-refractivity contribution in [3.05, 3.63) is 0 Å². The van der Waals surface area contributed by atoms with Gasteiger partial charge >= 0.3 is 5.97 Å². The summed E-state index contributed by atoms with van der Waals surface area (Å²) in [5, 5.41) is 8.80. The van der Waals surface area contributed by atoms with Gasteiger partial charge in [-0.2, -0.15) is 0 Å². The molecule has 0 spiro atoms. The van der Waals surface area contributed by atoms with Gasteiger partial charge in [0.15, 0.2) is 12.4 Å². The Balaban J connectivity index is 3.15. The maximum absolute atomic E-state index is 11.5. The lowest BCUT2D eigenvalue weighted by Gasteiger charge is -2.08. The molecule has 0 radical (unpaired) electrons. The Morgan fingerprint density at radius 1 is 0.690 bits per heavy atom. The van der Waals surface area contributed by atoms with Gasteiger partial charge in [-0.3, -0.25) is 9.59 Å². The van der Waals surface area contributed by atoms with Gasteiger partial charge in [-0.15, -0.1) is 0 Å². The van der Waals surface area contributed by atoms with Gasteiger partial charge in [0, 0.05) is 6.42 Å². The predicted octanol–water partition coefficient (Wildman–Crippen LogP) is 6.91. The molecule has 0 bridgehead atoms. The Morgan fingerprint density at radius 2 is 1.03 bits per heavy atom. The summed E-state index contributed by atoms with van der Waals surface area (Å²) >= 11 is 0. The zero-order valence-corrected chi connectivity index (χ0v) is 19.2. The van der Waals surface area contributed by atoms with E-state index in [0.717, 1.165) is 19.3 Å². The van der Waals surface area contributed by atoms with Crippen LogP contribution in [0.2, 0.25) is 0 Å². The molecule has 0 aliphatic heterocycles. The minimum absolute atomic E-state index is 0.337. The van der Waals surface area contributed by atoms with Gasteiger partial charge in [-0.05, 0) is 6.42 Å². The summed E-state index contributed by atoms with van der Waals surface area (Å²) in [5.41, 5.74) is 0. The zero-order valence-electron chi connectivity index (χ0n) is 19.2. The van der Waals surface area contributed by atoms with E-state index >= 15 is 0 Å². The molecule has 0 aromatic heterocycles. The van der Waals surface area contributed by atoms with Gasteiger partial charge in [0.25, 0.3) is 0 Å². The van der Waals surface area contributed by atoms with E-state index in [1.807, 2.05) is 0 Å². The van der Waals surface area contributed by atoms with Gasteiger partial charge in [0.1, 0.15) is 0 Å². The van der Waals surface area contributed by atoms with Crippen LogP contribution in [0.4, 0.5) is 0 Å². The number of unbranched alkanes of at least 4 members (excludes halogenated alkanes) is 18. The molecule has 0 saturated heterocycles. The summed E-state index contributed by atoms with van der Waals surface area (Å²) in [4.78, 5) is 21.9. The molecule has 0 amide bonds. The molecule has 4 nitrogen and oxygen atoms in total. The lowest BCUT2D eigenvalue weighted by Crippen LogP contribution is -2.23. The van der Waals surface area contributed by atoms with Crippen LogP contribution in [0.3, 0.4) is 0 Å². The van der Waals surface area contributed by atoms with Crippen molar-refractivity contribution in [1.82, 2.24) is 0 Å². The first-order valence-corrected chi connectivity index (χ1v) is 12.5. The van der Waals surface area contributed by atoms with E-state index in [1.165, 1.54) is 103 Å². The summed E-state index contributed by atoms with van der Waals surface area (Å²) in [6.07, 6.45) is 25.0. The molecule has 1 atom stereocenters. The number of ether oxygens (including phenoxy) is 1. The van der Waals surface area contributed by atoms with Crippen LogP contribution in [0.15, 0.2) is 0 Å². The Labute approximate surface area is 180 Å². The summed E-state index contributed by atoms with van der Waals surface area (Å²) in [6, 6.07) is 0. The fraction of sp³-hybridized carbons (Fsp3) is 0.920. The number of carbonyl (C=O) groups excluding carboxylic acids is 2. The number of hydrogen-bond acceptors (Lipinski definition) is 4. The largest absolute Gasteiger partial charge is 0.452 e. The molecule has 1 unspecified atom stereocenters. The van der Waals surface area contributed by atoms with E-state index in [2.05, 4.69) is 6.92 Å². The maximum Gasteiger partial charge on any atom is 0.306 e. The summed E-state index contributed by atoms with van der Waals surface area (Å²) in [6.45, 7) is 1.84. The first kappa shape index (κ1) is 28.1. The summed E-state index contributed by atoms with van der Waals surface area (Å²) in [7, 11) is 0. The third kappa shape index (κ3) is 21.6. The number of hydrogen-bond donors (Lipinski definition) is 1. The first-order chi connectivity index (χ1) is 14.2. The first-order valence-electron chi connectivity index (χ1n) is 12.5. The molecule has 0 aliphatic carbocycles. The second-order valence-electron chi connectivity index (χ2n) is 8.46. The van der Waals surface area contributed by atoms with Crippen molar-refractivity contribution in [2.75, 3.05) is 6.61 Å². The second-order valence-corrected chi connectivity index (χ2v) is 8.46. The fourth-order valence-electron chi connectivity index (χ4n) is 3.68. The average Bonchev–Trinajstić information content (AvgIpc) is 2.73. The quantitative estimate of drug-likeness (QED) is 0.112. The molecule has 0 aromatic carbocycles. The predicted molar refractivity (Wildman–Crippen MR) is 121 cm³/mol. The van der Waals surface area contributed by atoms with Crippen molar-refractivity contribution in [2.45, 2.75) is 141 Å². The summed E-state index contributed by atoms with van der Waals surface area (Å²) in [5.74, 6) is -0.386. The Hall–Kier alpha value is -0.900. The molecule has 4 heteroatoms. The van der Waals surface area contributed by atoms with Crippen LogP contribution in [-0.2, 0) is 14.3 Å². The van der Waals surface area contributed by atoms with E-state index in [1.54, 1.807) is 0 Å². The van der Waals surface area contributed by atoms with Crippen LogP contribution in [0.1, 0.15) is 135 Å². The highest BCUT2D eigenvalue weighted by molar-refractivity contribution is 5.72. The zero-order chi connectivity index (χ0) is 21.4. The van der Waals surface area contributed by atoms with Gasteiger partial charge in [-0.25, -0.2) is 0 Å². The van der Waals surface area contributed by atoms with E-state index in [4.69, 9.17) is 9.84 Å². The molecule has 172 valence electrons. The van der Waals surface area contributed by atoms with Gasteiger partial charge < -0.3 is 9.84 Å². The standard InChI is InChI=1S/C25H48O4/c1-2-3-4-5-6-7-8-9-10-11-12-13-14-15-16-17-18-19-20-21-25(28)29-24(22-26)23-27/h22,24,27H,2-21,23H2,1H3. The Morgan fingerprint density at radius 3 is 1.34 bits per heavy atom. The minimum Gasteiger partial charge on any atom is -0.452 e.